The zero-order chi connectivity index (χ0) is 9.61. The zero-order valence-electron chi connectivity index (χ0n) is 7.45. The highest BCUT2D eigenvalue weighted by molar-refractivity contribution is 7.34. The van der Waals surface area contributed by atoms with Crippen LogP contribution in [-0.4, -0.2) is 19.5 Å². The average Bonchev–Trinajstić information content (AvgIpc) is 2.01. The standard InChI is InChI=1S/C7H15Cl2FOSi/c1-3-5-7(10,12(8)9)11-6-4-2/h12H,3-6H2,1-2H3. The van der Waals surface area contributed by atoms with Crippen molar-refractivity contribution in [3.63, 3.8) is 0 Å². The van der Waals surface area contributed by atoms with Crippen molar-refractivity contribution in [2.45, 2.75) is 38.6 Å². The van der Waals surface area contributed by atoms with Crippen LogP contribution in [0.1, 0.15) is 33.1 Å². The molecule has 0 aromatic rings. The summed E-state index contributed by atoms with van der Waals surface area (Å²) in [5.41, 5.74) is -1.73. The van der Waals surface area contributed by atoms with Crippen LogP contribution < -0.4 is 0 Å². The summed E-state index contributed by atoms with van der Waals surface area (Å²) in [6.45, 7) is 4.19. The molecule has 5 heteroatoms. The third kappa shape index (κ3) is 4.08. The van der Waals surface area contributed by atoms with Crippen molar-refractivity contribution in [1.82, 2.24) is 0 Å². The maximum Gasteiger partial charge on any atom is 0.306 e. The van der Waals surface area contributed by atoms with Gasteiger partial charge in [0, 0.05) is 13.0 Å². The van der Waals surface area contributed by atoms with Crippen LogP contribution in [0.25, 0.3) is 0 Å². The molecule has 0 bridgehead atoms. The molecule has 0 aliphatic heterocycles. The molecule has 0 amide bonds. The summed E-state index contributed by atoms with van der Waals surface area (Å²) in [6.07, 6.45) is 1.78. The molecule has 0 aliphatic carbocycles. The molecule has 0 saturated carbocycles. The van der Waals surface area contributed by atoms with E-state index in [2.05, 4.69) is 0 Å². The number of rotatable bonds is 6. The maximum absolute atomic E-state index is 13.7. The van der Waals surface area contributed by atoms with E-state index in [4.69, 9.17) is 26.9 Å². The lowest BCUT2D eigenvalue weighted by Crippen LogP contribution is -2.38. The quantitative estimate of drug-likeness (QED) is 0.506. The van der Waals surface area contributed by atoms with E-state index in [9.17, 15) is 4.39 Å². The molecule has 0 spiro atoms. The van der Waals surface area contributed by atoms with Crippen molar-refractivity contribution >= 4 is 29.6 Å². The molecule has 0 saturated heterocycles. The lowest BCUT2D eigenvalue weighted by atomic mass is 10.3. The van der Waals surface area contributed by atoms with E-state index >= 15 is 0 Å². The number of alkyl halides is 1. The molecule has 0 heterocycles. The second-order valence-corrected chi connectivity index (χ2v) is 7.44. The van der Waals surface area contributed by atoms with E-state index in [0.717, 1.165) is 6.42 Å². The normalized spacial score (nSPS) is 16.5. The Morgan fingerprint density at radius 1 is 1.33 bits per heavy atom. The van der Waals surface area contributed by atoms with Gasteiger partial charge in [-0.25, -0.2) is 4.39 Å². The second kappa shape index (κ2) is 6.19. The van der Waals surface area contributed by atoms with Gasteiger partial charge in [0.25, 0.3) is 0 Å². The molecule has 0 aliphatic rings. The summed E-state index contributed by atoms with van der Waals surface area (Å²) in [7, 11) is -2.39. The highest BCUT2D eigenvalue weighted by Gasteiger charge is 2.38. The van der Waals surface area contributed by atoms with Crippen molar-refractivity contribution in [3.05, 3.63) is 0 Å². The summed E-state index contributed by atoms with van der Waals surface area (Å²) in [5.74, 6) is 0. The number of ether oxygens (including phenoxy) is 1. The van der Waals surface area contributed by atoms with Gasteiger partial charge >= 0.3 is 7.42 Å². The fourth-order valence-corrected chi connectivity index (χ4v) is 2.64. The van der Waals surface area contributed by atoms with Crippen LogP contribution in [0.3, 0.4) is 0 Å². The minimum Gasteiger partial charge on any atom is -0.347 e. The first kappa shape index (κ1) is 12.7. The van der Waals surface area contributed by atoms with Gasteiger partial charge in [-0.05, 0) is 6.42 Å². The summed E-state index contributed by atoms with van der Waals surface area (Å²) >= 11 is 11.2. The van der Waals surface area contributed by atoms with Gasteiger partial charge < -0.3 is 4.74 Å². The molecule has 12 heavy (non-hydrogen) atoms. The number of halogens is 3. The minimum absolute atomic E-state index is 0.302. The van der Waals surface area contributed by atoms with Gasteiger partial charge in [-0.2, -0.15) is 0 Å². The average molecular weight is 233 g/mol. The van der Waals surface area contributed by atoms with Gasteiger partial charge in [0.15, 0.2) is 0 Å². The van der Waals surface area contributed by atoms with Crippen LogP contribution in [0.15, 0.2) is 0 Å². The largest absolute Gasteiger partial charge is 0.347 e. The highest BCUT2D eigenvalue weighted by atomic mass is 35.7. The molecule has 0 radical (unpaired) electrons. The molecule has 0 N–H and O–H groups in total. The SMILES string of the molecule is CCCOC(F)(CCC)[SiH](Cl)Cl. The third-order valence-electron chi connectivity index (χ3n) is 1.46. The molecule has 74 valence electrons. The Morgan fingerprint density at radius 3 is 2.25 bits per heavy atom. The van der Waals surface area contributed by atoms with E-state index < -0.39 is 12.9 Å². The van der Waals surface area contributed by atoms with Crippen molar-refractivity contribution in [3.8, 4) is 0 Å². The van der Waals surface area contributed by atoms with Crippen molar-refractivity contribution in [2.75, 3.05) is 6.61 Å². The molecule has 0 rings (SSSR count). The predicted molar refractivity (Wildman–Crippen MR) is 53.8 cm³/mol. The van der Waals surface area contributed by atoms with Crippen molar-refractivity contribution in [1.29, 1.82) is 0 Å². The molecule has 1 unspecified atom stereocenters. The van der Waals surface area contributed by atoms with Crippen LogP contribution in [0.4, 0.5) is 4.39 Å². The van der Waals surface area contributed by atoms with E-state index in [1.54, 1.807) is 0 Å². The Kier molecular flexibility index (Phi) is 6.54. The van der Waals surface area contributed by atoms with Gasteiger partial charge in [0.05, 0.1) is 0 Å². The Morgan fingerprint density at radius 2 is 1.92 bits per heavy atom. The Balaban J connectivity index is 3.99. The topological polar surface area (TPSA) is 9.23 Å². The number of hydrogen-bond acceptors (Lipinski definition) is 1. The van der Waals surface area contributed by atoms with E-state index in [1.807, 2.05) is 13.8 Å². The summed E-state index contributed by atoms with van der Waals surface area (Å²) in [5, 5.41) is 0. The highest BCUT2D eigenvalue weighted by Crippen LogP contribution is 2.28. The molecule has 1 nitrogen and oxygen atoms in total. The Bertz CT molecular complexity index is 126. The third-order valence-corrected chi connectivity index (χ3v) is 4.53. The van der Waals surface area contributed by atoms with E-state index in [0.29, 0.717) is 19.4 Å². The van der Waals surface area contributed by atoms with Gasteiger partial charge in [-0.15, -0.1) is 22.2 Å². The lowest BCUT2D eigenvalue weighted by molar-refractivity contribution is -0.0850. The van der Waals surface area contributed by atoms with Crippen LogP contribution in [0.2, 0.25) is 0 Å². The minimum atomic E-state index is -2.39. The molecular weight excluding hydrogens is 218 g/mol. The monoisotopic (exact) mass is 232 g/mol. The zero-order valence-corrected chi connectivity index (χ0v) is 10.1. The van der Waals surface area contributed by atoms with E-state index in [1.165, 1.54) is 0 Å². The van der Waals surface area contributed by atoms with Crippen molar-refractivity contribution in [2.24, 2.45) is 0 Å². The molecular formula is C7H15Cl2FOSi. The van der Waals surface area contributed by atoms with Crippen molar-refractivity contribution < 1.29 is 9.13 Å². The molecule has 0 aromatic heterocycles. The van der Waals surface area contributed by atoms with Crippen LogP contribution >= 0.6 is 22.2 Å². The summed E-state index contributed by atoms with van der Waals surface area (Å²) in [6, 6.07) is 0. The van der Waals surface area contributed by atoms with Gasteiger partial charge in [0.1, 0.15) is 0 Å². The van der Waals surface area contributed by atoms with Gasteiger partial charge in [-0.1, -0.05) is 20.3 Å². The maximum atomic E-state index is 13.7. The first-order valence-electron chi connectivity index (χ1n) is 4.17. The Labute approximate surface area is 84.2 Å². The molecule has 0 aromatic carbocycles. The summed E-state index contributed by atoms with van der Waals surface area (Å²) in [4.78, 5) is 0. The van der Waals surface area contributed by atoms with Crippen LogP contribution in [0.5, 0.6) is 0 Å². The smallest absolute Gasteiger partial charge is 0.306 e. The summed E-state index contributed by atoms with van der Waals surface area (Å²) < 4.78 is 18.7. The fourth-order valence-electron chi connectivity index (χ4n) is 0.857. The fraction of sp³-hybridized carbons (Fsp3) is 1.00. The first-order valence-corrected chi connectivity index (χ1v) is 8.24. The van der Waals surface area contributed by atoms with Crippen LogP contribution in [-0.2, 0) is 4.74 Å². The number of hydrogen-bond donors (Lipinski definition) is 0. The molecule has 0 fully saturated rings. The predicted octanol–water partition coefficient (Wildman–Crippen LogP) is 3.12. The van der Waals surface area contributed by atoms with Gasteiger partial charge in [-0.3, -0.25) is 0 Å². The lowest BCUT2D eigenvalue weighted by Gasteiger charge is -2.25. The first-order chi connectivity index (χ1) is 5.56. The van der Waals surface area contributed by atoms with Gasteiger partial charge in [0.2, 0.25) is 5.48 Å². The molecule has 1 atom stereocenters. The second-order valence-electron chi connectivity index (χ2n) is 2.69. The van der Waals surface area contributed by atoms with Crippen LogP contribution in [0, 0.1) is 0 Å². The van der Waals surface area contributed by atoms with E-state index in [-0.39, 0.29) is 0 Å². The Hall–Kier alpha value is 0.687.